The van der Waals surface area contributed by atoms with E-state index in [9.17, 15) is 0 Å². The van der Waals surface area contributed by atoms with Crippen LogP contribution in [0, 0.1) is 0 Å². The lowest BCUT2D eigenvalue weighted by Crippen LogP contribution is -2.00. The molecule has 0 aliphatic heterocycles. The largest absolute Gasteiger partial charge is 0.353 e. The third-order valence-corrected chi connectivity index (χ3v) is 3.89. The van der Waals surface area contributed by atoms with Gasteiger partial charge in [-0.1, -0.05) is 50.2 Å². The first-order chi connectivity index (χ1) is 10.3. The first-order valence-corrected chi connectivity index (χ1v) is 7.55. The highest BCUT2D eigenvalue weighted by molar-refractivity contribution is 5.92. The predicted molar refractivity (Wildman–Crippen MR) is 90.2 cm³/mol. The van der Waals surface area contributed by atoms with Gasteiger partial charge in [0.1, 0.15) is 0 Å². The van der Waals surface area contributed by atoms with Gasteiger partial charge in [-0.05, 0) is 36.1 Å². The van der Waals surface area contributed by atoms with Crippen molar-refractivity contribution < 1.29 is 0 Å². The van der Waals surface area contributed by atoms with Crippen molar-refractivity contribution in [1.29, 1.82) is 0 Å². The monoisotopic (exact) mass is 276 g/mol. The van der Waals surface area contributed by atoms with Crippen LogP contribution in [0.25, 0.3) is 10.9 Å². The average Bonchev–Trinajstić information content (AvgIpc) is 2.55. The van der Waals surface area contributed by atoms with E-state index in [2.05, 4.69) is 66.6 Å². The standard InChI is InChI=1S/C19H20N2/c1-3-14-8-5-9-15(4-2)18(14)21-17-12-6-10-16-11-7-13-20-19(16)17/h5-13,21H,3-4H2,1-2H3. The van der Waals surface area contributed by atoms with Gasteiger partial charge in [0.05, 0.1) is 11.2 Å². The highest BCUT2D eigenvalue weighted by atomic mass is 14.9. The molecule has 0 radical (unpaired) electrons. The Labute approximate surface area is 125 Å². The quantitative estimate of drug-likeness (QED) is 0.716. The van der Waals surface area contributed by atoms with Gasteiger partial charge >= 0.3 is 0 Å². The molecule has 1 heterocycles. The SMILES string of the molecule is CCc1cccc(CC)c1Nc1cccc2cccnc12. The molecule has 0 saturated carbocycles. The predicted octanol–water partition coefficient (Wildman–Crippen LogP) is 5.10. The summed E-state index contributed by atoms with van der Waals surface area (Å²) in [4.78, 5) is 4.53. The van der Waals surface area contributed by atoms with Gasteiger partial charge in [0.15, 0.2) is 0 Å². The third kappa shape index (κ3) is 2.62. The third-order valence-electron chi connectivity index (χ3n) is 3.89. The minimum atomic E-state index is 1.02. The second kappa shape index (κ2) is 5.96. The lowest BCUT2D eigenvalue weighted by Gasteiger charge is -2.16. The zero-order chi connectivity index (χ0) is 14.7. The zero-order valence-corrected chi connectivity index (χ0v) is 12.6. The van der Waals surface area contributed by atoms with Gasteiger partial charge in [-0.2, -0.15) is 0 Å². The van der Waals surface area contributed by atoms with E-state index < -0.39 is 0 Å². The molecule has 0 bridgehead atoms. The highest BCUT2D eigenvalue weighted by Gasteiger charge is 2.08. The molecular weight excluding hydrogens is 256 g/mol. The van der Waals surface area contributed by atoms with Crippen molar-refractivity contribution in [1.82, 2.24) is 4.98 Å². The summed E-state index contributed by atoms with van der Waals surface area (Å²) in [6, 6.07) is 16.9. The van der Waals surface area contributed by atoms with E-state index in [-0.39, 0.29) is 0 Å². The maximum absolute atomic E-state index is 4.53. The van der Waals surface area contributed by atoms with Crippen LogP contribution in [0.3, 0.4) is 0 Å². The fourth-order valence-corrected chi connectivity index (χ4v) is 2.74. The molecule has 0 atom stereocenters. The van der Waals surface area contributed by atoms with Crippen LogP contribution in [-0.2, 0) is 12.8 Å². The number of aryl methyl sites for hydroxylation is 2. The molecule has 1 aromatic heterocycles. The van der Waals surface area contributed by atoms with Crippen LogP contribution in [-0.4, -0.2) is 4.98 Å². The second-order valence-corrected chi connectivity index (χ2v) is 5.16. The van der Waals surface area contributed by atoms with Crippen molar-refractivity contribution in [2.45, 2.75) is 26.7 Å². The van der Waals surface area contributed by atoms with Gasteiger partial charge in [0.25, 0.3) is 0 Å². The Morgan fingerprint density at radius 1 is 0.857 bits per heavy atom. The Morgan fingerprint density at radius 3 is 2.24 bits per heavy atom. The number of pyridine rings is 1. The normalized spacial score (nSPS) is 10.8. The molecule has 0 amide bonds. The van der Waals surface area contributed by atoms with Gasteiger partial charge in [0, 0.05) is 17.3 Å². The average molecular weight is 276 g/mol. The van der Waals surface area contributed by atoms with Crippen LogP contribution in [0.4, 0.5) is 11.4 Å². The van der Waals surface area contributed by atoms with Gasteiger partial charge in [-0.25, -0.2) is 0 Å². The number of hydrogen-bond acceptors (Lipinski definition) is 2. The summed E-state index contributed by atoms with van der Waals surface area (Å²) in [5.74, 6) is 0. The second-order valence-electron chi connectivity index (χ2n) is 5.16. The molecule has 3 aromatic rings. The Morgan fingerprint density at radius 2 is 1.52 bits per heavy atom. The van der Waals surface area contributed by atoms with E-state index in [1.807, 2.05) is 12.3 Å². The van der Waals surface area contributed by atoms with E-state index in [1.165, 1.54) is 16.8 Å². The highest BCUT2D eigenvalue weighted by Crippen LogP contribution is 2.29. The Bertz CT molecular complexity index is 735. The van der Waals surface area contributed by atoms with Gasteiger partial charge < -0.3 is 5.32 Å². The molecule has 0 aliphatic rings. The molecule has 1 N–H and O–H groups in total. The van der Waals surface area contributed by atoms with Crippen molar-refractivity contribution in [3.63, 3.8) is 0 Å². The molecular formula is C19H20N2. The summed E-state index contributed by atoms with van der Waals surface area (Å²) in [5.41, 5.74) is 6.03. The number of benzene rings is 2. The van der Waals surface area contributed by atoms with Crippen LogP contribution >= 0.6 is 0 Å². The Hall–Kier alpha value is -2.35. The molecule has 0 saturated heterocycles. The van der Waals surface area contributed by atoms with Crippen LogP contribution in [0.1, 0.15) is 25.0 Å². The fourth-order valence-electron chi connectivity index (χ4n) is 2.74. The molecule has 0 unspecified atom stereocenters. The Kier molecular flexibility index (Phi) is 3.87. The van der Waals surface area contributed by atoms with Crippen LogP contribution in [0.5, 0.6) is 0 Å². The summed E-state index contributed by atoms with van der Waals surface area (Å²) in [6.07, 6.45) is 3.89. The number of para-hydroxylation sites is 2. The fraction of sp³-hybridized carbons (Fsp3) is 0.211. The number of hydrogen-bond donors (Lipinski definition) is 1. The number of fused-ring (bicyclic) bond motifs is 1. The minimum Gasteiger partial charge on any atom is -0.353 e. The van der Waals surface area contributed by atoms with E-state index in [4.69, 9.17) is 0 Å². The van der Waals surface area contributed by atoms with Crippen LogP contribution < -0.4 is 5.32 Å². The summed E-state index contributed by atoms with van der Waals surface area (Å²) in [5, 5.41) is 4.79. The maximum Gasteiger partial charge on any atom is 0.0936 e. The van der Waals surface area contributed by atoms with Crippen molar-refractivity contribution in [3.05, 3.63) is 65.9 Å². The minimum absolute atomic E-state index is 1.02. The van der Waals surface area contributed by atoms with Gasteiger partial charge in [-0.15, -0.1) is 0 Å². The molecule has 2 heteroatoms. The van der Waals surface area contributed by atoms with Crippen LogP contribution in [0.15, 0.2) is 54.7 Å². The van der Waals surface area contributed by atoms with Crippen molar-refractivity contribution >= 4 is 22.3 Å². The zero-order valence-electron chi connectivity index (χ0n) is 12.6. The number of nitrogens with one attached hydrogen (secondary N) is 1. The van der Waals surface area contributed by atoms with Crippen molar-refractivity contribution in [2.24, 2.45) is 0 Å². The number of nitrogens with zero attached hydrogens (tertiary/aromatic N) is 1. The number of rotatable bonds is 4. The maximum atomic E-state index is 4.53. The van der Waals surface area contributed by atoms with E-state index >= 15 is 0 Å². The van der Waals surface area contributed by atoms with Gasteiger partial charge in [0.2, 0.25) is 0 Å². The molecule has 0 spiro atoms. The summed E-state index contributed by atoms with van der Waals surface area (Å²) >= 11 is 0. The van der Waals surface area contributed by atoms with E-state index in [1.54, 1.807) is 0 Å². The van der Waals surface area contributed by atoms with E-state index in [0.717, 1.165) is 29.4 Å². The summed E-state index contributed by atoms with van der Waals surface area (Å²) in [7, 11) is 0. The number of aromatic nitrogens is 1. The molecule has 0 aliphatic carbocycles. The molecule has 3 rings (SSSR count). The molecule has 106 valence electrons. The lowest BCUT2D eigenvalue weighted by molar-refractivity contribution is 1.09. The number of anilines is 2. The van der Waals surface area contributed by atoms with Crippen LogP contribution in [0.2, 0.25) is 0 Å². The molecule has 2 nitrogen and oxygen atoms in total. The molecule has 0 fully saturated rings. The lowest BCUT2D eigenvalue weighted by atomic mass is 10.0. The summed E-state index contributed by atoms with van der Waals surface area (Å²) in [6.45, 7) is 4.39. The van der Waals surface area contributed by atoms with Gasteiger partial charge in [-0.3, -0.25) is 4.98 Å². The smallest absolute Gasteiger partial charge is 0.0936 e. The first-order valence-electron chi connectivity index (χ1n) is 7.55. The Balaban J connectivity index is 2.11. The van der Waals surface area contributed by atoms with E-state index in [0.29, 0.717) is 0 Å². The summed E-state index contributed by atoms with van der Waals surface area (Å²) < 4.78 is 0. The van der Waals surface area contributed by atoms with Crippen molar-refractivity contribution in [3.8, 4) is 0 Å². The first kappa shape index (κ1) is 13.6. The molecule has 21 heavy (non-hydrogen) atoms. The van der Waals surface area contributed by atoms with Crippen molar-refractivity contribution in [2.75, 3.05) is 5.32 Å². The topological polar surface area (TPSA) is 24.9 Å². The molecule has 2 aromatic carbocycles.